The Morgan fingerprint density at radius 2 is 1.74 bits per heavy atom. The Morgan fingerprint density at radius 3 is 2.35 bits per heavy atom. The van der Waals surface area contributed by atoms with Gasteiger partial charge in [-0.3, -0.25) is 4.79 Å². The molecular formula is C21H19NO. The van der Waals surface area contributed by atoms with E-state index in [2.05, 4.69) is 17.9 Å². The average Bonchev–Trinajstić information content (AvgIpc) is 2.59. The van der Waals surface area contributed by atoms with Gasteiger partial charge in [0.1, 0.15) is 0 Å². The van der Waals surface area contributed by atoms with Crippen molar-refractivity contribution in [2.24, 2.45) is 5.41 Å². The van der Waals surface area contributed by atoms with E-state index in [0.717, 1.165) is 5.56 Å². The average molecular weight is 301 g/mol. The molecule has 2 rings (SSSR count). The van der Waals surface area contributed by atoms with Crippen LogP contribution in [0.15, 0.2) is 54.6 Å². The van der Waals surface area contributed by atoms with Crippen LogP contribution in [-0.4, -0.2) is 5.78 Å². The van der Waals surface area contributed by atoms with Crippen LogP contribution in [-0.2, 0) is 0 Å². The van der Waals surface area contributed by atoms with Gasteiger partial charge >= 0.3 is 0 Å². The molecule has 0 N–H and O–H groups in total. The molecule has 0 fully saturated rings. The van der Waals surface area contributed by atoms with Gasteiger partial charge in [0.25, 0.3) is 0 Å². The van der Waals surface area contributed by atoms with Crippen molar-refractivity contribution in [1.29, 1.82) is 5.26 Å². The van der Waals surface area contributed by atoms with Gasteiger partial charge < -0.3 is 0 Å². The van der Waals surface area contributed by atoms with E-state index in [1.807, 2.05) is 56.3 Å². The van der Waals surface area contributed by atoms with Gasteiger partial charge in [-0.15, -0.1) is 0 Å². The van der Waals surface area contributed by atoms with Gasteiger partial charge in [-0.2, -0.15) is 5.26 Å². The second-order valence-electron chi connectivity index (χ2n) is 5.80. The third-order valence-electron chi connectivity index (χ3n) is 3.81. The number of hydrogen-bond acceptors (Lipinski definition) is 2. The highest BCUT2D eigenvalue weighted by Crippen LogP contribution is 2.27. The lowest BCUT2D eigenvalue weighted by Gasteiger charge is -2.21. The second-order valence-corrected chi connectivity index (χ2v) is 5.80. The summed E-state index contributed by atoms with van der Waals surface area (Å²) in [5.41, 5.74) is 1.82. The molecule has 0 radical (unpaired) electrons. The molecule has 0 aromatic heterocycles. The number of hydrogen-bond donors (Lipinski definition) is 0. The number of carbonyl (C=O) groups excluding carboxylic acids is 1. The first kappa shape index (κ1) is 16.5. The minimum Gasteiger partial charge on any atom is -0.292 e. The first-order valence-corrected chi connectivity index (χ1v) is 7.62. The number of aryl methyl sites for hydroxylation is 1. The molecule has 2 aromatic carbocycles. The zero-order valence-electron chi connectivity index (χ0n) is 13.5. The molecule has 0 aliphatic heterocycles. The molecule has 0 bridgehead atoms. The van der Waals surface area contributed by atoms with Crippen LogP contribution in [0.1, 0.15) is 41.3 Å². The lowest BCUT2D eigenvalue weighted by atomic mass is 9.79. The highest BCUT2D eigenvalue weighted by Gasteiger charge is 2.31. The fourth-order valence-corrected chi connectivity index (χ4v) is 2.29. The number of benzene rings is 2. The van der Waals surface area contributed by atoms with E-state index < -0.39 is 5.41 Å². The molecule has 0 saturated heterocycles. The highest BCUT2D eigenvalue weighted by molar-refractivity contribution is 6.02. The molecular weight excluding hydrogens is 282 g/mol. The third kappa shape index (κ3) is 4.31. The molecule has 1 unspecified atom stereocenters. The minimum atomic E-state index is -0.859. The van der Waals surface area contributed by atoms with Crippen molar-refractivity contribution in [1.82, 2.24) is 0 Å². The van der Waals surface area contributed by atoms with E-state index in [4.69, 9.17) is 5.26 Å². The summed E-state index contributed by atoms with van der Waals surface area (Å²) in [7, 11) is 0. The van der Waals surface area contributed by atoms with Gasteiger partial charge in [-0.1, -0.05) is 59.9 Å². The molecule has 2 nitrogen and oxygen atoms in total. The Morgan fingerprint density at radius 1 is 1.09 bits per heavy atom. The van der Waals surface area contributed by atoms with Crippen LogP contribution in [0.5, 0.6) is 0 Å². The zero-order chi connectivity index (χ0) is 16.7. The molecule has 23 heavy (non-hydrogen) atoms. The number of carbonyl (C=O) groups is 1. The zero-order valence-corrected chi connectivity index (χ0v) is 13.5. The minimum absolute atomic E-state index is 0.0343. The molecule has 1 atom stereocenters. The maximum Gasteiger partial charge on any atom is 0.180 e. The van der Waals surface area contributed by atoms with E-state index in [0.29, 0.717) is 18.4 Å². The van der Waals surface area contributed by atoms with E-state index in [9.17, 15) is 4.79 Å². The second kappa shape index (κ2) is 7.43. The number of ketones is 1. The van der Waals surface area contributed by atoms with Crippen LogP contribution in [0.4, 0.5) is 0 Å². The third-order valence-corrected chi connectivity index (χ3v) is 3.81. The standard InChI is InChI=1S/C21H19NO/c1-17-9-11-18(12-10-17)13-15-21(2,14-6-16-22)20(23)19-7-4-3-5-8-19/h3-5,7-12H,6,14H2,1-2H3. The largest absolute Gasteiger partial charge is 0.292 e. The highest BCUT2D eigenvalue weighted by atomic mass is 16.1. The molecule has 0 aliphatic carbocycles. The Balaban J connectivity index is 2.34. The summed E-state index contributed by atoms with van der Waals surface area (Å²) in [6.07, 6.45) is 0.730. The van der Waals surface area contributed by atoms with Crippen molar-refractivity contribution in [2.45, 2.75) is 26.7 Å². The predicted octanol–water partition coefficient (Wildman–Crippen LogP) is 4.54. The Hall–Kier alpha value is -2.84. The summed E-state index contributed by atoms with van der Waals surface area (Å²) in [6, 6.07) is 19.1. The van der Waals surface area contributed by atoms with Crippen molar-refractivity contribution in [2.75, 3.05) is 0 Å². The fraction of sp³-hybridized carbons (Fsp3) is 0.238. The van der Waals surface area contributed by atoms with Gasteiger partial charge in [0.05, 0.1) is 11.5 Å². The number of nitrogens with zero attached hydrogens (tertiary/aromatic N) is 1. The summed E-state index contributed by atoms with van der Waals surface area (Å²) in [5.74, 6) is 6.17. The van der Waals surface area contributed by atoms with Crippen molar-refractivity contribution in [3.63, 3.8) is 0 Å². The molecule has 0 aliphatic rings. The molecule has 0 spiro atoms. The Labute approximate surface area is 137 Å². The van der Waals surface area contributed by atoms with Gasteiger partial charge in [-0.05, 0) is 32.4 Å². The van der Waals surface area contributed by atoms with E-state index in [1.54, 1.807) is 12.1 Å². The monoisotopic (exact) mass is 301 g/mol. The summed E-state index contributed by atoms with van der Waals surface area (Å²) in [5, 5.41) is 8.89. The van der Waals surface area contributed by atoms with Gasteiger partial charge in [0.2, 0.25) is 0 Å². The molecule has 0 saturated carbocycles. The van der Waals surface area contributed by atoms with E-state index in [-0.39, 0.29) is 5.78 Å². The normalized spacial score (nSPS) is 12.4. The molecule has 0 heterocycles. The van der Waals surface area contributed by atoms with Gasteiger partial charge in [0, 0.05) is 17.5 Å². The topological polar surface area (TPSA) is 40.9 Å². The lowest BCUT2D eigenvalue weighted by molar-refractivity contribution is 0.0871. The maximum atomic E-state index is 12.8. The first-order chi connectivity index (χ1) is 11.0. The predicted molar refractivity (Wildman–Crippen MR) is 91.8 cm³/mol. The van der Waals surface area contributed by atoms with Crippen LogP contribution in [0, 0.1) is 35.5 Å². The smallest absolute Gasteiger partial charge is 0.180 e. The SMILES string of the molecule is Cc1ccc(C#CC(C)(CCC#N)C(=O)c2ccccc2)cc1. The first-order valence-electron chi connectivity index (χ1n) is 7.62. The number of Topliss-reactive ketones (excluding diaryl/α,β-unsaturated/α-hetero) is 1. The lowest BCUT2D eigenvalue weighted by Crippen LogP contribution is -2.26. The number of rotatable bonds is 4. The summed E-state index contributed by atoms with van der Waals surface area (Å²) in [6.45, 7) is 3.84. The summed E-state index contributed by atoms with van der Waals surface area (Å²) < 4.78 is 0. The van der Waals surface area contributed by atoms with Gasteiger partial charge in [0.15, 0.2) is 5.78 Å². The number of nitriles is 1. The molecule has 2 heteroatoms. The van der Waals surface area contributed by atoms with Crippen LogP contribution in [0.25, 0.3) is 0 Å². The van der Waals surface area contributed by atoms with Gasteiger partial charge in [-0.25, -0.2) is 0 Å². The molecule has 114 valence electrons. The van der Waals surface area contributed by atoms with Crippen molar-refractivity contribution in [3.8, 4) is 17.9 Å². The molecule has 2 aromatic rings. The van der Waals surface area contributed by atoms with E-state index in [1.165, 1.54) is 5.56 Å². The summed E-state index contributed by atoms with van der Waals surface area (Å²) in [4.78, 5) is 12.8. The van der Waals surface area contributed by atoms with Crippen molar-refractivity contribution < 1.29 is 4.79 Å². The Kier molecular flexibility index (Phi) is 5.34. The van der Waals surface area contributed by atoms with Crippen LogP contribution in [0.3, 0.4) is 0 Å². The summed E-state index contributed by atoms with van der Waals surface area (Å²) >= 11 is 0. The van der Waals surface area contributed by atoms with Crippen LogP contribution < -0.4 is 0 Å². The van der Waals surface area contributed by atoms with Crippen molar-refractivity contribution in [3.05, 3.63) is 71.3 Å². The maximum absolute atomic E-state index is 12.8. The Bertz CT molecular complexity index is 773. The van der Waals surface area contributed by atoms with Crippen LogP contribution >= 0.6 is 0 Å². The van der Waals surface area contributed by atoms with E-state index >= 15 is 0 Å². The fourth-order valence-electron chi connectivity index (χ4n) is 2.29. The van der Waals surface area contributed by atoms with Crippen LogP contribution in [0.2, 0.25) is 0 Å². The van der Waals surface area contributed by atoms with Crippen molar-refractivity contribution >= 4 is 5.78 Å². The molecule has 0 amide bonds. The quantitative estimate of drug-likeness (QED) is 0.614.